The van der Waals surface area contributed by atoms with Gasteiger partial charge in [-0.1, -0.05) is 0 Å². The summed E-state index contributed by atoms with van der Waals surface area (Å²) in [5.41, 5.74) is 5.72. The number of aromatic nitrogens is 2. The Bertz CT molecular complexity index is 1010. The molecule has 1 saturated carbocycles. The number of fused-ring (bicyclic) bond motifs is 7. The number of nitrogens with one attached hydrogen (secondary N) is 1. The van der Waals surface area contributed by atoms with Gasteiger partial charge in [-0.15, -0.1) is 0 Å². The molecule has 2 aliphatic carbocycles. The minimum Gasteiger partial charge on any atom is -0.724 e. The minimum atomic E-state index is -5.07. The van der Waals surface area contributed by atoms with E-state index in [2.05, 4.69) is 14.9 Å². The van der Waals surface area contributed by atoms with E-state index in [1.54, 1.807) is 0 Å². The van der Waals surface area contributed by atoms with Crippen molar-refractivity contribution in [3.63, 3.8) is 0 Å². The van der Waals surface area contributed by atoms with Crippen LogP contribution in [0.25, 0.3) is 0 Å². The maximum Gasteiger partial charge on any atom is 1.00 e. The van der Waals surface area contributed by atoms with E-state index in [9.17, 15) is 22.6 Å². The SMILES string of the molecule is Cn1nc(CONC(=O)[C@@H]2CC[C@@H]3CN2C(=O)N3OS(=O)(=O)[O-])c2c1C1CCC2C1.[Na+]. The van der Waals surface area contributed by atoms with E-state index >= 15 is 0 Å². The summed E-state index contributed by atoms with van der Waals surface area (Å²) < 4.78 is 38.7. The van der Waals surface area contributed by atoms with Gasteiger partial charge in [-0.05, 0) is 38.0 Å². The molecule has 4 bridgehead atoms. The van der Waals surface area contributed by atoms with Crippen molar-refractivity contribution in [2.45, 2.75) is 62.6 Å². The average Bonchev–Trinajstić information content (AvgIpc) is 3.42. The smallest absolute Gasteiger partial charge is 0.724 e. The number of carbonyl (C=O) groups excluding carboxylic acids is 2. The maximum atomic E-state index is 12.6. The van der Waals surface area contributed by atoms with Gasteiger partial charge in [0.1, 0.15) is 12.6 Å². The Balaban J connectivity index is 0.00000231. The van der Waals surface area contributed by atoms with Crippen LogP contribution in [0.5, 0.6) is 0 Å². The molecular weight excluding hydrogens is 441 g/mol. The number of urea groups is 1. The fourth-order valence-electron chi connectivity index (χ4n) is 5.48. The number of hydroxylamine groups is 3. The predicted octanol–water partition coefficient (Wildman–Crippen LogP) is -3.00. The van der Waals surface area contributed by atoms with Gasteiger partial charge in [0.25, 0.3) is 5.91 Å². The molecule has 2 aliphatic heterocycles. The summed E-state index contributed by atoms with van der Waals surface area (Å²) in [5.74, 6) is 0.557. The molecule has 3 fully saturated rings. The minimum absolute atomic E-state index is 0. The Hall–Kier alpha value is -1.22. The molecule has 2 saturated heterocycles. The van der Waals surface area contributed by atoms with Gasteiger partial charge < -0.3 is 9.45 Å². The molecule has 4 aliphatic rings. The van der Waals surface area contributed by atoms with Gasteiger partial charge in [-0.3, -0.25) is 14.3 Å². The summed E-state index contributed by atoms with van der Waals surface area (Å²) in [5, 5.41) is 5.09. The molecule has 1 aromatic rings. The van der Waals surface area contributed by atoms with Gasteiger partial charge in [0, 0.05) is 30.8 Å². The molecule has 5 rings (SSSR count). The van der Waals surface area contributed by atoms with Gasteiger partial charge in [0.05, 0.1) is 11.7 Å². The molecule has 2 unspecified atom stereocenters. The molecule has 1 N–H and O–H groups in total. The average molecular weight is 463 g/mol. The van der Waals surface area contributed by atoms with E-state index in [-0.39, 0.29) is 42.7 Å². The first-order valence-electron chi connectivity index (χ1n) is 9.95. The quantitative estimate of drug-likeness (QED) is 0.203. The van der Waals surface area contributed by atoms with Crippen LogP contribution in [0, 0.1) is 0 Å². The van der Waals surface area contributed by atoms with Crippen LogP contribution in [0.1, 0.15) is 60.9 Å². The second-order valence-corrected chi connectivity index (χ2v) is 9.29. The van der Waals surface area contributed by atoms with Crippen molar-refractivity contribution in [1.82, 2.24) is 25.2 Å². The molecule has 0 spiro atoms. The molecule has 14 heteroatoms. The number of aryl methyl sites for hydroxylation is 1. The summed E-state index contributed by atoms with van der Waals surface area (Å²) in [6.45, 7) is 0.230. The predicted molar refractivity (Wildman–Crippen MR) is 97.0 cm³/mol. The van der Waals surface area contributed by atoms with Crippen LogP contribution in [-0.2, 0) is 38.0 Å². The van der Waals surface area contributed by atoms with Crippen LogP contribution in [0.15, 0.2) is 0 Å². The first kappa shape index (κ1) is 23.0. The number of carbonyl (C=O) groups is 2. The number of rotatable bonds is 6. The van der Waals surface area contributed by atoms with Crippen LogP contribution in [0.2, 0.25) is 0 Å². The van der Waals surface area contributed by atoms with Crippen molar-refractivity contribution in [3.8, 4) is 0 Å². The summed E-state index contributed by atoms with van der Waals surface area (Å²) >= 11 is 0. The number of hydrogen-bond acceptors (Lipinski definition) is 8. The first-order chi connectivity index (χ1) is 14.2. The van der Waals surface area contributed by atoms with Crippen LogP contribution < -0.4 is 35.0 Å². The number of nitrogens with zero attached hydrogens (tertiary/aromatic N) is 4. The summed E-state index contributed by atoms with van der Waals surface area (Å²) in [4.78, 5) is 31.6. The monoisotopic (exact) mass is 463 g/mol. The Morgan fingerprint density at radius 3 is 2.74 bits per heavy atom. The van der Waals surface area contributed by atoms with Crippen molar-refractivity contribution in [2.24, 2.45) is 7.05 Å². The molecule has 164 valence electrons. The molecule has 3 heterocycles. The van der Waals surface area contributed by atoms with Gasteiger partial charge in [-0.2, -0.15) is 14.4 Å². The number of piperidine rings is 1. The van der Waals surface area contributed by atoms with E-state index in [1.165, 1.54) is 22.6 Å². The van der Waals surface area contributed by atoms with Crippen molar-refractivity contribution in [1.29, 1.82) is 0 Å². The normalized spacial score (nSPS) is 28.6. The van der Waals surface area contributed by atoms with Gasteiger partial charge in [-0.25, -0.2) is 18.7 Å². The third-order valence-electron chi connectivity index (χ3n) is 6.61. The van der Waals surface area contributed by atoms with Gasteiger partial charge in [0.2, 0.25) is 10.4 Å². The topological polar surface area (TPSA) is 146 Å². The van der Waals surface area contributed by atoms with Crippen LogP contribution >= 0.6 is 0 Å². The first-order valence-corrected chi connectivity index (χ1v) is 11.3. The van der Waals surface area contributed by atoms with E-state index < -0.39 is 34.4 Å². The van der Waals surface area contributed by atoms with Crippen LogP contribution in [0.3, 0.4) is 0 Å². The van der Waals surface area contributed by atoms with Crippen LogP contribution in [0.4, 0.5) is 4.79 Å². The van der Waals surface area contributed by atoms with Gasteiger partial charge >= 0.3 is 35.6 Å². The number of amides is 3. The largest absolute Gasteiger partial charge is 1.00 e. The zero-order valence-corrected chi connectivity index (χ0v) is 20.1. The second-order valence-electron chi connectivity index (χ2n) is 8.32. The third kappa shape index (κ3) is 4.01. The molecule has 31 heavy (non-hydrogen) atoms. The Kier molecular flexibility index (Phi) is 6.13. The molecule has 3 amide bonds. The van der Waals surface area contributed by atoms with Crippen molar-refractivity contribution in [2.75, 3.05) is 6.54 Å². The van der Waals surface area contributed by atoms with E-state index in [0.717, 1.165) is 18.5 Å². The molecule has 1 aromatic heterocycles. The van der Waals surface area contributed by atoms with Crippen molar-refractivity contribution < 1.29 is 61.2 Å². The van der Waals surface area contributed by atoms with Crippen molar-refractivity contribution >= 4 is 22.3 Å². The third-order valence-corrected chi connectivity index (χ3v) is 6.96. The van der Waals surface area contributed by atoms with Crippen molar-refractivity contribution in [3.05, 3.63) is 17.0 Å². The van der Waals surface area contributed by atoms with E-state index in [1.807, 2.05) is 11.7 Å². The van der Waals surface area contributed by atoms with Crippen LogP contribution in [-0.4, -0.2) is 63.3 Å². The summed E-state index contributed by atoms with van der Waals surface area (Å²) in [6.07, 6.45) is 4.12. The molecule has 0 radical (unpaired) electrons. The fourth-order valence-corrected chi connectivity index (χ4v) is 5.87. The molecule has 12 nitrogen and oxygen atoms in total. The Morgan fingerprint density at radius 2 is 2.00 bits per heavy atom. The standard InChI is InChI=1S/C17H23N5O7S.Na/c1-20-15-10-3-2-9(6-10)14(15)12(18-20)8-28-19-16(23)13-5-4-11-7-21(13)17(24)22(11)29-30(25,26)27;/h9-11,13H,2-8H2,1H3,(H,19,23)(H,25,26,27);/q;+1/p-1/t9?,10?,11-,13+;/m1./s1. The van der Waals surface area contributed by atoms with Gasteiger partial charge in [0.15, 0.2) is 0 Å². The molecule has 0 aromatic carbocycles. The zero-order valence-electron chi connectivity index (χ0n) is 17.3. The Morgan fingerprint density at radius 1 is 1.26 bits per heavy atom. The zero-order chi connectivity index (χ0) is 21.2. The second kappa shape index (κ2) is 8.28. The molecular formula is C17H22N5NaO7S. The molecule has 4 atom stereocenters. The van der Waals surface area contributed by atoms with E-state index in [4.69, 9.17) is 4.84 Å². The fraction of sp³-hybridized carbons (Fsp3) is 0.706. The van der Waals surface area contributed by atoms with E-state index in [0.29, 0.717) is 29.7 Å². The summed E-state index contributed by atoms with van der Waals surface area (Å²) in [7, 11) is -3.15. The summed E-state index contributed by atoms with van der Waals surface area (Å²) in [6, 6.07) is -2.24. The Labute approximate surface area is 201 Å². The maximum absolute atomic E-state index is 12.6. The number of hydrogen-bond donors (Lipinski definition) is 1.